The maximum absolute atomic E-state index is 12.8. The maximum Gasteiger partial charge on any atom is 0.251 e. The molecule has 0 bridgehead atoms. The molecule has 1 N–H and O–H groups in total. The standard InChI is InChI=1S/C25H26N2O5S/c1-18(21-10-13-23-24(16-21)32-15-14-31-23)26-25(28)20-8-11-22(12-9-20)27(33(2,29)30)17-19-6-4-3-5-7-19/h3-13,16,18H,14-15,17H2,1-2H3,(H,26,28). The summed E-state index contributed by atoms with van der Waals surface area (Å²) >= 11 is 0. The van der Waals surface area contributed by atoms with Crippen LogP contribution >= 0.6 is 0 Å². The SMILES string of the molecule is CC(NC(=O)c1ccc(N(Cc2ccccc2)S(C)(=O)=O)cc1)c1ccc2c(c1)OCCO2. The van der Waals surface area contributed by atoms with Crippen molar-refractivity contribution >= 4 is 21.6 Å². The summed E-state index contributed by atoms with van der Waals surface area (Å²) in [5.74, 6) is 1.12. The number of carbonyl (C=O) groups is 1. The lowest BCUT2D eigenvalue weighted by molar-refractivity contribution is 0.0939. The van der Waals surface area contributed by atoms with E-state index < -0.39 is 10.0 Å². The highest BCUT2D eigenvalue weighted by Gasteiger charge is 2.20. The Bertz CT molecular complexity index is 1230. The molecule has 7 nitrogen and oxygen atoms in total. The van der Waals surface area contributed by atoms with Crippen molar-refractivity contribution < 1.29 is 22.7 Å². The van der Waals surface area contributed by atoms with E-state index in [0.717, 1.165) is 11.1 Å². The number of benzene rings is 3. The van der Waals surface area contributed by atoms with Crippen molar-refractivity contribution in [3.05, 3.63) is 89.5 Å². The zero-order valence-corrected chi connectivity index (χ0v) is 19.3. The Balaban J connectivity index is 1.47. The van der Waals surface area contributed by atoms with Crippen molar-refractivity contribution in [1.82, 2.24) is 5.32 Å². The molecule has 1 atom stereocenters. The minimum Gasteiger partial charge on any atom is -0.486 e. The summed E-state index contributed by atoms with van der Waals surface area (Å²) in [6.45, 7) is 3.13. The topological polar surface area (TPSA) is 84.9 Å². The van der Waals surface area contributed by atoms with Crippen LogP contribution in [0.15, 0.2) is 72.8 Å². The lowest BCUT2D eigenvalue weighted by Gasteiger charge is -2.23. The van der Waals surface area contributed by atoms with Crippen LogP contribution in [0, 0.1) is 0 Å². The normalized spacial score (nSPS) is 13.8. The van der Waals surface area contributed by atoms with Crippen LogP contribution in [0.5, 0.6) is 11.5 Å². The number of fused-ring (bicyclic) bond motifs is 1. The summed E-state index contributed by atoms with van der Waals surface area (Å²) in [6.07, 6.45) is 1.17. The highest BCUT2D eigenvalue weighted by molar-refractivity contribution is 7.92. The highest BCUT2D eigenvalue weighted by Crippen LogP contribution is 2.32. The quantitative estimate of drug-likeness (QED) is 0.571. The number of anilines is 1. The van der Waals surface area contributed by atoms with E-state index in [-0.39, 0.29) is 18.5 Å². The van der Waals surface area contributed by atoms with Crippen LogP contribution in [0.3, 0.4) is 0 Å². The summed E-state index contributed by atoms with van der Waals surface area (Å²) in [7, 11) is -3.50. The predicted octanol–water partition coefficient (Wildman–Crippen LogP) is 3.92. The van der Waals surface area contributed by atoms with Gasteiger partial charge in [0.05, 0.1) is 24.5 Å². The zero-order valence-electron chi connectivity index (χ0n) is 18.5. The van der Waals surface area contributed by atoms with Gasteiger partial charge in [-0.2, -0.15) is 0 Å². The number of hydrogen-bond donors (Lipinski definition) is 1. The van der Waals surface area contributed by atoms with E-state index in [2.05, 4.69) is 5.32 Å². The fraction of sp³-hybridized carbons (Fsp3) is 0.240. The summed E-state index contributed by atoms with van der Waals surface area (Å²) in [5.41, 5.74) is 2.71. The number of rotatable bonds is 7. The number of nitrogens with zero attached hydrogens (tertiary/aromatic N) is 1. The molecule has 3 aromatic carbocycles. The molecule has 0 aromatic heterocycles. The number of ether oxygens (including phenoxy) is 2. The van der Waals surface area contributed by atoms with Gasteiger partial charge in [0, 0.05) is 5.56 Å². The van der Waals surface area contributed by atoms with E-state index in [1.165, 1.54) is 10.6 Å². The van der Waals surface area contributed by atoms with Crippen LogP contribution in [0.4, 0.5) is 5.69 Å². The van der Waals surface area contributed by atoms with Crippen LogP contribution in [-0.4, -0.2) is 33.8 Å². The molecule has 3 aromatic rings. The molecule has 1 aliphatic rings. The summed E-state index contributed by atoms with van der Waals surface area (Å²) in [6, 6.07) is 21.3. The Kier molecular flexibility index (Phi) is 6.55. The van der Waals surface area contributed by atoms with Gasteiger partial charge >= 0.3 is 0 Å². The predicted molar refractivity (Wildman–Crippen MR) is 127 cm³/mol. The van der Waals surface area contributed by atoms with Gasteiger partial charge in [-0.15, -0.1) is 0 Å². The molecule has 0 radical (unpaired) electrons. The third-order valence-electron chi connectivity index (χ3n) is 5.40. The highest BCUT2D eigenvalue weighted by atomic mass is 32.2. The summed E-state index contributed by atoms with van der Waals surface area (Å²) < 4.78 is 37.3. The third kappa shape index (κ3) is 5.46. The van der Waals surface area contributed by atoms with Crippen molar-refractivity contribution in [3.8, 4) is 11.5 Å². The zero-order chi connectivity index (χ0) is 23.4. The van der Waals surface area contributed by atoms with E-state index >= 15 is 0 Å². The summed E-state index contributed by atoms with van der Waals surface area (Å²) in [5, 5.41) is 2.97. The van der Waals surface area contributed by atoms with E-state index in [0.29, 0.717) is 36.0 Å². The largest absolute Gasteiger partial charge is 0.486 e. The lowest BCUT2D eigenvalue weighted by Crippen LogP contribution is -2.29. The lowest BCUT2D eigenvalue weighted by atomic mass is 10.1. The molecule has 1 unspecified atom stereocenters. The molecule has 0 saturated heterocycles. The third-order valence-corrected chi connectivity index (χ3v) is 6.54. The smallest absolute Gasteiger partial charge is 0.251 e. The van der Waals surface area contributed by atoms with Gasteiger partial charge in [-0.1, -0.05) is 36.4 Å². The molecule has 172 valence electrons. The minimum absolute atomic E-state index is 0.215. The van der Waals surface area contributed by atoms with Crippen molar-refractivity contribution in [2.75, 3.05) is 23.8 Å². The maximum atomic E-state index is 12.8. The van der Waals surface area contributed by atoms with E-state index in [1.54, 1.807) is 24.3 Å². The molecule has 0 aliphatic carbocycles. The average Bonchev–Trinajstić information content (AvgIpc) is 2.82. The Hall–Kier alpha value is -3.52. The second-order valence-electron chi connectivity index (χ2n) is 7.90. The monoisotopic (exact) mass is 466 g/mol. The van der Waals surface area contributed by atoms with Gasteiger partial charge < -0.3 is 14.8 Å². The molecule has 0 saturated carbocycles. The molecule has 4 rings (SSSR count). The van der Waals surface area contributed by atoms with Crippen LogP contribution in [0.2, 0.25) is 0 Å². The first-order chi connectivity index (χ1) is 15.8. The molecular formula is C25H26N2O5S. The Morgan fingerprint density at radius 3 is 2.30 bits per heavy atom. The van der Waals surface area contributed by atoms with Crippen molar-refractivity contribution in [3.63, 3.8) is 0 Å². The van der Waals surface area contributed by atoms with Crippen molar-refractivity contribution in [2.45, 2.75) is 19.5 Å². The van der Waals surface area contributed by atoms with Crippen LogP contribution < -0.4 is 19.1 Å². The van der Waals surface area contributed by atoms with E-state index in [9.17, 15) is 13.2 Å². The molecule has 1 heterocycles. The first kappa shape index (κ1) is 22.7. The first-order valence-corrected chi connectivity index (χ1v) is 12.5. The second kappa shape index (κ2) is 9.54. The Morgan fingerprint density at radius 1 is 0.970 bits per heavy atom. The Morgan fingerprint density at radius 2 is 1.64 bits per heavy atom. The fourth-order valence-corrected chi connectivity index (χ4v) is 4.51. The van der Waals surface area contributed by atoms with Crippen molar-refractivity contribution in [1.29, 1.82) is 0 Å². The van der Waals surface area contributed by atoms with E-state index in [4.69, 9.17) is 9.47 Å². The minimum atomic E-state index is -3.50. The number of sulfonamides is 1. The fourth-order valence-electron chi connectivity index (χ4n) is 3.62. The molecular weight excluding hydrogens is 440 g/mol. The van der Waals surface area contributed by atoms with Gasteiger partial charge in [0.1, 0.15) is 13.2 Å². The van der Waals surface area contributed by atoms with Gasteiger partial charge in [0.2, 0.25) is 10.0 Å². The van der Waals surface area contributed by atoms with Crippen LogP contribution in [-0.2, 0) is 16.6 Å². The molecule has 1 aliphatic heterocycles. The number of nitrogens with one attached hydrogen (secondary N) is 1. The summed E-state index contributed by atoms with van der Waals surface area (Å²) in [4.78, 5) is 12.8. The Labute approximate surface area is 194 Å². The molecule has 0 spiro atoms. The van der Waals surface area contributed by atoms with Gasteiger partial charge in [-0.25, -0.2) is 8.42 Å². The first-order valence-electron chi connectivity index (χ1n) is 10.6. The molecule has 1 amide bonds. The van der Waals surface area contributed by atoms with Gasteiger partial charge in [0.15, 0.2) is 11.5 Å². The average molecular weight is 467 g/mol. The number of hydrogen-bond acceptors (Lipinski definition) is 5. The van der Waals surface area contributed by atoms with E-state index in [1.807, 2.05) is 55.5 Å². The molecule has 33 heavy (non-hydrogen) atoms. The molecule has 8 heteroatoms. The second-order valence-corrected chi connectivity index (χ2v) is 9.81. The van der Waals surface area contributed by atoms with Gasteiger partial charge in [0.25, 0.3) is 5.91 Å². The van der Waals surface area contributed by atoms with Gasteiger partial charge in [-0.05, 0) is 54.4 Å². The van der Waals surface area contributed by atoms with Crippen molar-refractivity contribution in [2.24, 2.45) is 0 Å². The number of carbonyl (C=O) groups excluding carboxylic acids is 1. The molecule has 0 fully saturated rings. The van der Waals surface area contributed by atoms with Crippen LogP contribution in [0.25, 0.3) is 0 Å². The van der Waals surface area contributed by atoms with Gasteiger partial charge in [-0.3, -0.25) is 9.10 Å². The van der Waals surface area contributed by atoms with Crippen LogP contribution in [0.1, 0.15) is 34.5 Å². The number of amides is 1.